The summed E-state index contributed by atoms with van der Waals surface area (Å²) < 4.78 is 5.94. The van der Waals surface area contributed by atoms with Crippen molar-refractivity contribution in [3.63, 3.8) is 0 Å². The quantitative estimate of drug-likeness (QED) is 0.136. The molecule has 0 aromatic heterocycles. The Labute approximate surface area is 282 Å². The van der Waals surface area contributed by atoms with Gasteiger partial charge in [-0.05, 0) is 97.0 Å². The second-order valence-corrected chi connectivity index (χ2v) is 13.2. The SMILES string of the molecule is CC(C)C1CCC1CCC(CC(=O)NOCc1ccccc1)(C(=O)Nc1ccc(Oc2ccccc2)cc1)N1Cc2ccccc2C1=O. The monoisotopic (exact) mass is 645 g/mol. The smallest absolute Gasteiger partial charge is 0.255 e. The van der Waals surface area contributed by atoms with Crippen LogP contribution in [0, 0.1) is 17.8 Å². The molecule has 1 aliphatic heterocycles. The van der Waals surface area contributed by atoms with E-state index in [0.29, 0.717) is 46.9 Å². The Balaban J connectivity index is 1.28. The molecule has 0 bridgehead atoms. The number of carbonyl (C=O) groups is 3. The molecule has 3 unspecified atom stereocenters. The maximum Gasteiger partial charge on any atom is 0.255 e. The summed E-state index contributed by atoms with van der Waals surface area (Å²) in [7, 11) is 0. The number of carbonyl (C=O) groups excluding carboxylic acids is 3. The normalized spacial score (nSPS) is 18.1. The van der Waals surface area contributed by atoms with E-state index >= 15 is 0 Å². The molecule has 8 heteroatoms. The standard InChI is InChI=1S/C40H43N3O5/c1-28(2)35-22-17-30(35)23-24-40(43-26-31-13-9-10-16-36(31)38(43)45,25-37(44)42-47-27-29-11-5-3-6-12-29)39(46)41-32-18-20-34(21-19-32)48-33-14-7-4-8-15-33/h3-16,18-21,28,30,35H,17,22-27H2,1-2H3,(H,41,46)(H,42,44). The third kappa shape index (κ3) is 7.44. The van der Waals surface area contributed by atoms with Crippen molar-refractivity contribution in [2.45, 2.75) is 64.6 Å². The Morgan fingerprint density at radius 1 is 0.854 bits per heavy atom. The highest BCUT2D eigenvalue weighted by Gasteiger charge is 2.51. The third-order valence-corrected chi connectivity index (χ3v) is 9.83. The Morgan fingerprint density at radius 2 is 1.52 bits per heavy atom. The number of hydrogen-bond acceptors (Lipinski definition) is 5. The summed E-state index contributed by atoms with van der Waals surface area (Å²) in [6.45, 7) is 4.89. The largest absolute Gasteiger partial charge is 0.457 e. The van der Waals surface area contributed by atoms with Crippen molar-refractivity contribution in [2.24, 2.45) is 17.8 Å². The number of benzene rings is 4. The summed E-state index contributed by atoms with van der Waals surface area (Å²) in [6, 6.07) is 33.5. The van der Waals surface area contributed by atoms with Crippen molar-refractivity contribution in [1.29, 1.82) is 0 Å². The lowest BCUT2D eigenvalue weighted by Gasteiger charge is -2.44. The summed E-state index contributed by atoms with van der Waals surface area (Å²) in [5.41, 5.74) is 3.93. The minimum Gasteiger partial charge on any atom is -0.457 e. The van der Waals surface area contributed by atoms with Crippen LogP contribution in [-0.2, 0) is 27.6 Å². The van der Waals surface area contributed by atoms with E-state index in [9.17, 15) is 14.4 Å². The molecule has 4 aromatic carbocycles. The molecule has 4 aromatic rings. The van der Waals surface area contributed by atoms with Gasteiger partial charge in [-0.25, -0.2) is 5.48 Å². The van der Waals surface area contributed by atoms with Crippen molar-refractivity contribution in [3.8, 4) is 11.5 Å². The Bertz CT molecular complexity index is 1710. The average molecular weight is 646 g/mol. The van der Waals surface area contributed by atoms with E-state index in [1.807, 2.05) is 78.9 Å². The van der Waals surface area contributed by atoms with E-state index in [1.165, 1.54) is 0 Å². The van der Waals surface area contributed by atoms with Crippen molar-refractivity contribution in [3.05, 3.63) is 126 Å². The van der Waals surface area contributed by atoms with Crippen LogP contribution < -0.4 is 15.5 Å². The van der Waals surface area contributed by atoms with E-state index in [2.05, 4.69) is 24.6 Å². The molecule has 6 rings (SSSR count). The topological polar surface area (TPSA) is 97.0 Å². The van der Waals surface area contributed by atoms with Crippen LogP contribution in [-0.4, -0.2) is 28.2 Å². The van der Waals surface area contributed by atoms with Gasteiger partial charge in [-0.15, -0.1) is 0 Å². The van der Waals surface area contributed by atoms with Gasteiger partial charge in [-0.2, -0.15) is 0 Å². The van der Waals surface area contributed by atoms with E-state index in [1.54, 1.807) is 35.2 Å². The molecule has 0 saturated heterocycles. The Kier molecular flexibility index (Phi) is 10.2. The number of amides is 3. The Morgan fingerprint density at radius 3 is 2.19 bits per heavy atom. The Hall–Kier alpha value is -4.95. The highest BCUT2D eigenvalue weighted by Crippen LogP contribution is 2.45. The molecule has 1 saturated carbocycles. The predicted octanol–water partition coefficient (Wildman–Crippen LogP) is 7.91. The van der Waals surface area contributed by atoms with Crippen molar-refractivity contribution < 1.29 is 24.0 Å². The molecule has 1 fully saturated rings. The second kappa shape index (κ2) is 14.9. The van der Waals surface area contributed by atoms with Gasteiger partial charge in [0, 0.05) is 17.8 Å². The number of nitrogens with one attached hydrogen (secondary N) is 2. The van der Waals surface area contributed by atoms with E-state index in [-0.39, 0.29) is 25.5 Å². The van der Waals surface area contributed by atoms with E-state index in [4.69, 9.17) is 9.57 Å². The van der Waals surface area contributed by atoms with Gasteiger partial charge in [0.15, 0.2) is 0 Å². The number of hydroxylamine groups is 1. The van der Waals surface area contributed by atoms with Crippen LogP contribution in [0.15, 0.2) is 109 Å². The lowest BCUT2D eigenvalue weighted by Crippen LogP contribution is -2.59. The minimum absolute atomic E-state index is 0.176. The molecule has 0 radical (unpaired) electrons. The first kappa shape index (κ1) is 33.0. The summed E-state index contributed by atoms with van der Waals surface area (Å²) in [5, 5.41) is 3.07. The third-order valence-electron chi connectivity index (χ3n) is 9.83. The van der Waals surface area contributed by atoms with Crippen molar-refractivity contribution in [1.82, 2.24) is 10.4 Å². The molecule has 3 atom stereocenters. The van der Waals surface area contributed by atoms with Crippen LogP contribution in [0.4, 0.5) is 5.69 Å². The predicted molar refractivity (Wildman–Crippen MR) is 185 cm³/mol. The van der Waals surface area contributed by atoms with Crippen LogP contribution in [0.5, 0.6) is 11.5 Å². The van der Waals surface area contributed by atoms with Gasteiger partial charge in [0.25, 0.3) is 11.8 Å². The highest BCUT2D eigenvalue weighted by atomic mass is 16.6. The second-order valence-electron chi connectivity index (χ2n) is 13.2. The van der Waals surface area contributed by atoms with Crippen LogP contribution in [0.25, 0.3) is 0 Å². The fraction of sp³-hybridized carbons (Fsp3) is 0.325. The molecule has 0 spiro atoms. The van der Waals surface area contributed by atoms with Crippen molar-refractivity contribution in [2.75, 3.05) is 5.32 Å². The zero-order valence-electron chi connectivity index (χ0n) is 27.6. The minimum atomic E-state index is -1.47. The summed E-state index contributed by atoms with van der Waals surface area (Å²) in [6.07, 6.45) is 3.04. The first-order valence-electron chi connectivity index (χ1n) is 16.8. The number of anilines is 1. The maximum atomic E-state index is 14.7. The molecule has 48 heavy (non-hydrogen) atoms. The number of rotatable bonds is 14. The number of ether oxygens (including phenoxy) is 1. The molecule has 3 amide bonds. The average Bonchev–Trinajstić information content (AvgIpc) is 3.42. The first-order chi connectivity index (χ1) is 23.3. The van der Waals surface area contributed by atoms with Crippen molar-refractivity contribution >= 4 is 23.4 Å². The first-order valence-corrected chi connectivity index (χ1v) is 16.8. The number of para-hydroxylation sites is 1. The number of nitrogens with zero attached hydrogens (tertiary/aromatic N) is 1. The molecular weight excluding hydrogens is 602 g/mol. The van der Waals surface area contributed by atoms with E-state index in [0.717, 1.165) is 30.4 Å². The molecule has 2 N–H and O–H groups in total. The number of fused-ring (bicyclic) bond motifs is 1. The van der Waals surface area contributed by atoms with Gasteiger partial charge < -0.3 is 15.0 Å². The molecule has 8 nitrogen and oxygen atoms in total. The fourth-order valence-electron chi connectivity index (χ4n) is 7.04. The lowest BCUT2D eigenvalue weighted by molar-refractivity contribution is -0.142. The van der Waals surface area contributed by atoms with Gasteiger partial charge >= 0.3 is 0 Å². The number of hydrogen-bond donors (Lipinski definition) is 2. The molecule has 1 heterocycles. The molecule has 248 valence electrons. The van der Waals surface area contributed by atoms with Crippen LogP contribution >= 0.6 is 0 Å². The summed E-state index contributed by atoms with van der Waals surface area (Å²) >= 11 is 0. The zero-order chi connectivity index (χ0) is 33.5. The fourth-order valence-corrected chi connectivity index (χ4v) is 7.04. The van der Waals surface area contributed by atoms with Gasteiger partial charge in [-0.3, -0.25) is 19.2 Å². The molecule has 1 aliphatic carbocycles. The summed E-state index contributed by atoms with van der Waals surface area (Å²) in [4.78, 5) is 49.7. The van der Waals surface area contributed by atoms with Crippen LogP contribution in [0.3, 0.4) is 0 Å². The lowest BCUT2D eigenvalue weighted by atomic mass is 9.65. The maximum absolute atomic E-state index is 14.7. The van der Waals surface area contributed by atoms with Crippen LogP contribution in [0.1, 0.15) is 67.4 Å². The summed E-state index contributed by atoms with van der Waals surface area (Å²) in [5.74, 6) is 1.70. The van der Waals surface area contributed by atoms with Gasteiger partial charge in [0.05, 0.1) is 13.0 Å². The van der Waals surface area contributed by atoms with Crippen LogP contribution in [0.2, 0.25) is 0 Å². The molecular formula is C40H43N3O5. The zero-order valence-corrected chi connectivity index (χ0v) is 27.6. The van der Waals surface area contributed by atoms with Gasteiger partial charge in [-0.1, -0.05) is 80.6 Å². The van der Waals surface area contributed by atoms with Gasteiger partial charge in [0.1, 0.15) is 17.0 Å². The van der Waals surface area contributed by atoms with Gasteiger partial charge in [0.2, 0.25) is 5.91 Å². The molecule has 2 aliphatic rings. The van der Waals surface area contributed by atoms with E-state index < -0.39 is 17.4 Å². The highest BCUT2D eigenvalue weighted by molar-refractivity contribution is 6.07.